The third kappa shape index (κ3) is 3.53. The summed E-state index contributed by atoms with van der Waals surface area (Å²) in [5, 5.41) is 3.60. The van der Waals surface area contributed by atoms with Gasteiger partial charge in [-0.3, -0.25) is 4.90 Å². The molecule has 0 aliphatic carbocycles. The van der Waals surface area contributed by atoms with E-state index in [-0.39, 0.29) is 0 Å². The summed E-state index contributed by atoms with van der Waals surface area (Å²) in [7, 11) is 1.75. The highest BCUT2D eigenvalue weighted by Crippen LogP contribution is 2.30. The van der Waals surface area contributed by atoms with Gasteiger partial charge in [-0.25, -0.2) is 0 Å². The van der Waals surface area contributed by atoms with Crippen LogP contribution in [0.4, 0.5) is 0 Å². The predicted molar refractivity (Wildman–Crippen MR) is 84.3 cm³/mol. The van der Waals surface area contributed by atoms with E-state index in [1.54, 1.807) is 7.11 Å². The summed E-state index contributed by atoms with van der Waals surface area (Å²) in [5.74, 6) is 0.991. The summed E-state index contributed by atoms with van der Waals surface area (Å²) in [6, 6.07) is 9.90. The first kappa shape index (κ1) is 15.3. The molecule has 1 aromatic carbocycles. The molecule has 2 rings (SSSR count). The van der Waals surface area contributed by atoms with Gasteiger partial charge in [0.2, 0.25) is 0 Å². The molecule has 3 heteroatoms. The average molecular weight is 276 g/mol. The Balaban J connectivity index is 2.15. The summed E-state index contributed by atoms with van der Waals surface area (Å²) < 4.78 is 5.52. The molecular weight excluding hydrogens is 248 g/mol. The normalized spacial score (nSPS) is 20.6. The van der Waals surface area contributed by atoms with Gasteiger partial charge in [0.1, 0.15) is 5.75 Å². The second-order valence-corrected chi connectivity index (χ2v) is 6.00. The highest BCUT2D eigenvalue weighted by atomic mass is 16.5. The van der Waals surface area contributed by atoms with Crippen LogP contribution < -0.4 is 10.1 Å². The summed E-state index contributed by atoms with van der Waals surface area (Å²) in [4.78, 5) is 2.57. The zero-order chi connectivity index (χ0) is 14.5. The van der Waals surface area contributed by atoms with Crippen LogP contribution in [-0.4, -0.2) is 37.2 Å². The smallest absolute Gasteiger partial charge is 0.123 e. The van der Waals surface area contributed by atoms with E-state index < -0.39 is 0 Å². The van der Waals surface area contributed by atoms with Crippen LogP contribution in [0.15, 0.2) is 24.3 Å². The molecule has 1 fully saturated rings. The van der Waals surface area contributed by atoms with Crippen molar-refractivity contribution >= 4 is 0 Å². The molecule has 2 unspecified atom stereocenters. The molecule has 0 aromatic heterocycles. The minimum absolute atomic E-state index is 0.369. The Bertz CT molecular complexity index is 413. The van der Waals surface area contributed by atoms with Gasteiger partial charge in [0, 0.05) is 30.2 Å². The molecule has 1 aromatic rings. The first-order chi connectivity index (χ1) is 9.63. The first-order valence-corrected chi connectivity index (χ1v) is 7.75. The van der Waals surface area contributed by atoms with Gasteiger partial charge in [0.25, 0.3) is 0 Å². The summed E-state index contributed by atoms with van der Waals surface area (Å²) in [6.07, 6.45) is 2.60. The third-order valence-corrected chi connectivity index (χ3v) is 4.34. The summed E-state index contributed by atoms with van der Waals surface area (Å²) >= 11 is 0. The molecule has 3 nitrogen and oxygen atoms in total. The lowest BCUT2D eigenvalue weighted by molar-refractivity contribution is 0.147. The first-order valence-electron chi connectivity index (χ1n) is 7.75. The van der Waals surface area contributed by atoms with Gasteiger partial charge in [-0.05, 0) is 46.2 Å². The second-order valence-electron chi connectivity index (χ2n) is 6.00. The monoisotopic (exact) mass is 276 g/mol. The van der Waals surface area contributed by atoms with Gasteiger partial charge in [-0.1, -0.05) is 18.2 Å². The number of benzene rings is 1. The van der Waals surface area contributed by atoms with E-state index in [1.165, 1.54) is 24.9 Å². The second kappa shape index (κ2) is 7.09. The molecule has 1 heterocycles. The van der Waals surface area contributed by atoms with Crippen LogP contribution in [-0.2, 0) is 0 Å². The fraction of sp³-hybridized carbons (Fsp3) is 0.647. The number of hydrogen-bond donors (Lipinski definition) is 1. The molecule has 1 N–H and O–H groups in total. The number of nitrogens with one attached hydrogen (secondary N) is 1. The molecule has 112 valence electrons. The largest absolute Gasteiger partial charge is 0.496 e. The molecular formula is C17H28N2O. The maximum Gasteiger partial charge on any atom is 0.123 e. The predicted octanol–water partition coefficient (Wildman–Crippen LogP) is 3.22. The van der Waals surface area contributed by atoms with E-state index in [9.17, 15) is 0 Å². The minimum Gasteiger partial charge on any atom is -0.496 e. The van der Waals surface area contributed by atoms with Crippen LogP contribution in [0.25, 0.3) is 0 Å². The van der Waals surface area contributed by atoms with Crippen molar-refractivity contribution in [1.82, 2.24) is 10.2 Å². The molecule has 2 atom stereocenters. The van der Waals surface area contributed by atoms with Crippen LogP contribution in [0.3, 0.4) is 0 Å². The lowest BCUT2D eigenvalue weighted by Gasteiger charge is -2.35. The van der Waals surface area contributed by atoms with Crippen molar-refractivity contribution in [2.45, 2.75) is 51.7 Å². The van der Waals surface area contributed by atoms with Crippen molar-refractivity contribution in [1.29, 1.82) is 0 Å². The fourth-order valence-corrected chi connectivity index (χ4v) is 3.17. The van der Waals surface area contributed by atoms with Crippen LogP contribution in [0.1, 0.15) is 45.2 Å². The molecule has 0 spiro atoms. The van der Waals surface area contributed by atoms with Gasteiger partial charge < -0.3 is 10.1 Å². The van der Waals surface area contributed by atoms with Gasteiger partial charge in [0.05, 0.1) is 7.11 Å². The van der Waals surface area contributed by atoms with Crippen molar-refractivity contribution < 1.29 is 4.74 Å². The zero-order valence-electron chi connectivity index (χ0n) is 13.2. The van der Waals surface area contributed by atoms with E-state index in [4.69, 9.17) is 4.74 Å². The van der Waals surface area contributed by atoms with E-state index in [0.29, 0.717) is 18.1 Å². The van der Waals surface area contributed by atoms with Gasteiger partial charge in [0.15, 0.2) is 0 Å². The highest BCUT2D eigenvalue weighted by molar-refractivity contribution is 5.35. The number of nitrogens with zero attached hydrogens (tertiary/aromatic N) is 1. The Kier molecular flexibility index (Phi) is 5.44. The van der Waals surface area contributed by atoms with E-state index in [0.717, 1.165) is 12.3 Å². The molecule has 0 saturated carbocycles. The molecule has 0 amide bonds. The van der Waals surface area contributed by atoms with Crippen LogP contribution in [0, 0.1) is 0 Å². The number of methoxy groups -OCH3 is 1. The minimum atomic E-state index is 0.369. The Morgan fingerprint density at radius 1 is 1.30 bits per heavy atom. The number of para-hydroxylation sites is 1. The average Bonchev–Trinajstić information content (AvgIpc) is 2.96. The molecule has 0 bridgehead atoms. The Labute approximate surface area is 123 Å². The van der Waals surface area contributed by atoms with Crippen molar-refractivity contribution in [2.24, 2.45) is 0 Å². The zero-order valence-corrected chi connectivity index (χ0v) is 13.2. The van der Waals surface area contributed by atoms with Crippen molar-refractivity contribution in [3.8, 4) is 5.75 Å². The lowest BCUT2D eigenvalue weighted by Crippen LogP contribution is -2.42. The highest BCUT2D eigenvalue weighted by Gasteiger charge is 2.25. The van der Waals surface area contributed by atoms with Crippen LogP contribution in [0.2, 0.25) is 0 Å². The number of rotatable bonds is 6. The molecule has 20 heavy (non-hydrogen) atoms. The summed E-state index contributed by atoms with van der Waals surface area (Å²) in [6.45, 7) is 9.12. The summed E-state index contributed by atoms with van der Waals surface area (Å²) in [5.41, 5.74) is 1.28. The number of ether oxygens (including phenoxy) is 1. The van der Waals surface area contributed by atoms with Gasteiger partial charge in [-0.2, -0.15) is 0 Å². The van der Waals surface area contributed by atoms with E-state index >= 15 is 0 Å². The maximum atomic E-state index is 5.52. The quantitative estimate of drug-likeness (QED) is 0.863. The van der Waals surface area contributed by atoms with Crippen LogP contribution in [0.5, 0.6) is 5.75 Å². The Morgan fingerprint density at radius 2 is 2.05 bits per heavy atom. The van der Waals surface area contributed by atoms with Crippen molar-refractivity contribution in [2.75, 3.05) is 20.2 Å². The molecule has 1 aliphatic heterocycles. The number of hydrogen-bond acceptors (Lipinski definition) is 3. The molecule has 1 saturated heterocycles. The van der Waals surface area contributed by atoms with E-state index in [1.807, 2.05) is 6.07 Å². The fourth-order valence-electron chi connectivity index (χ4n) is 3.17. The Hall–Kier alpha value is -1.06. The third-order valence-electron chi connectivity index (χ3n) is 4.34. The SMILES string of the molecule is COc1ccccc1C(C)N(CC1CCCN1)C(C)C. The standard InChI is InChI=1S/C17H28N2O/c1-13(2)19(12-15-8-7-11-18-15)14(3)16-9-5-6-10-17(16)20-4/h5-6,9-10,13-15,18H,7-8,11-12H2,1-4H3. The molecule has 1 aliphatic rings. The Morgan fingerprint density at radius 3 is 2.65 bits per heavy atom. The lowest BCUT2D eigenvalue weighted by atomic mass is 10.0. The molecule has 0 radical (unpaired) electrons. The topological polar surface area (TPSA) is 24.5 Å². The van der Waals surface area contributed by atoms with Gasteiger partial charge >= 0.3 is 0 Å². The van der Waals surface area contributed by atoms with Gasteiger partial charge in [-0.15, -0.1) is 0 Å². The van der Waals surface area contributed by atoms with Crippen molar-refractivity contribution in [3.63, 3.8) is 0 Å². The maximum absolute atomic E-state index is 5.52. The van der Waals surface area contributed by atoms with Crippen molar-refractivity contribution in [3.05, 3.63) is 29.8 Å². The van der Waals surface area contributed by atoms with Crippen LogP contribution >= 0.6 is 0 Å². The van der Waals surface area contributed by atoms with E-state index in [2.05, 4.69) is 49.2 Å².